The summed E-state index contributed by atoms with van der Waals surface area (Å²) >= 11 is 0. The molecule has 2 aromatic rings. The predicted molar refractivity (Wildman–Crippen MR) is 81.5 cm³/mol. The highest BCUT2D eigenvalue weighted by Crippen LogP contribution is 2.31. The summed E-state index contributed by atoms with van der Waals surface area (Å²) in [5.74, 6) is 1.61. The third-order valence-corrected chi connectivity index (χ3v) is 3.19. The van der Waals surface area contributed by atoms with Crippen LogP contribution in [0.5, 0.6) is 11.5 Å². The van der Waals surface area contributed by atoms with E-state index in [9.17, 15) is 0 Å². The zero-order valence-electron chi connectivity index (χ0n) is 11.1. The quantitative estimate of drug-likeness (QED) is 0.571. The molecule has 1 atom stereocenters. The molecule has 19 heavy (non-hydrogen) atoms. The van der Waals surface area contributed by atoms with Crippen LogP contribution in [-0.2, 0) is 0 Å². The maximum Gasteiger partial charge on any atom is 0.262 e. The first-order valence-corrected chi connectivity index (χ1v) is 7.06. The molecule has 2 nitrogen and oxygen atoms in total. The third kappa shape index (κ3) is 4.25. The van der Waals surface area contributed by atoms with E-state index in [0.717, 1.165) is 24.3 Å². The number of para-hydroxylation sites is 2. The van der Waals surface area contributed by atoms with E-state index in [-0.39, 0.29) is 0 Å². The molecular formula is C16H19O2P. The second kappa shape index (κ2) is 6.58. The van der Waals surface area contributed by atoms with Gasteiger partial charge < -0.3 is 9.47 Å². The van der Waals surface area contributed by atoms with E-state index in [1.54, 1.807) is 0 Å². The van der Waals surface area contributed by atoms with Gasteiger partial charge in [-0.1, -0.05) is 43.3 Å². The van der Waals surface area contributed by atoms with Gasteiger partial charge in [-0.15, -0.1) is 0 Å². The summed E-state index contributed by atoms with van der Waals surface area (Å²) in [6.07, 6.45) is 1.77. The fraction of sp³-hybridized carbons (Fsp3) is 0.250. The molecule has 0 radical (unpaired) electrons. The molecule has 3 heteroatoms. The van der Waals surface area contributed by atoms with E-state index in [1.807, 2.05) is 60.7 Å². The minimum Gasteiger partial charge on any atom is -0.449 e. The highest BCUT2D eigenvalue weighted by molar-refractivity contribution is 7.18. The first-order chi connectivity index (χ1) is 9.22. The SMILES string of the molecule is CCCC(P)(Oc1ccccc1)Oc1ccccc1. The molecule has 0 saturated heterocycles. The number of ether oxygens (including phenoxy) is 2. The van der Waals surface area contributed by atoms with Crippen LogP contribution in [0.4, 0.5) is 0 Å². The Morgan fingerprint density at radius 2 is 1.26 bits per heavy atom. The van der Waals surface area contributed by atoms with Crippen molar-refractivity contribution in [2.24, 2.45) is 0 Å². The molecule has 2 aromatic carbocycles. The zero-order valence-corrected chi connectivity index (χ0v) is 12.2. The minimum absolute atomic E-state index is 0.725. The Morgan fingerprint density at radius 3 is 1.63 bits per heavy atom. The minimum atomic E-state index is -0.725. The Balaban J connectivity index is 2.13. The smallest absolute Gasteiger partial charge is 0.262 e. The lowest BCUT2D eigenvalue weighted by Crippen LogP contribution is -2.35. The van der Waals surface area contributed by atoms with Crippen molar-refractivity contribution in [2.45, 2.75) is 25.3 Å². The van der Waals surface area contributed by atoms with Gasteiger partial charge in [0.25, 0.3) is 5.53 Å². The molecule has 0 saturated carbocycles. The van der Waals surface area contributed by atoms with Crippen LogP contribution in [-0.4, -0.2) is 5.53 Å². The van der Waals surface area contributed by atoms with E-state index in [4.69, 9.17) is 9.47 Å². The molecule has 0 heterocycles. The van der Waals surface area contributed by atoms with Gasteiger partial charge in [0.15, 0.2) is 0 Å². The molecule has 2 rings (SSSR count). The largest absolute Gasteiger partial charge is 0.449 e. The van der Waals surface area contributed by atoms with Gasteiger partial charge in [0, 0.05) is 6.42 Å². The molecule has 0 bridgehead atoms. The molecule has 1 unspecified atom stereocenters. The van der Waals surface area contributed by atoms with Gasteiger partial charge in [0.05, 0.1) is 0 Å². The fourth-order valence-electron chi connectivity index (χ4n) is 1.85. The molecule has 0 aromatic heterocycles. The second-order valence-corrected chi connectivity index (χ2v) is 5.27. The number of hydrogen-bond donors (Lipinski definition) is 0. The van der Waals surface area contributed by atoms with E-state index < -0.39 is 5.53 Å². The molecule has 0 aliphatic heterocycles. The molecule has 0 aliphatic rings. The highest BCUT2D eigenvalue weighted by Gasteiger charge is 2.27. The lowest BCUT2D eigenvalue weighted by molar-refractivity contribution is -0.0374. The van der Waals surface area contributed by atoms with Gasteiger partial charge in [0.2, 0.25) is 0 Å². The van der Waals surface area contributed by atoms with Crippen LogP contribution in [0.1, 0.15) is 19.8 Å². The van der Waals surface area contributed by atoms with E-state index in [0.29, 0.717) is 0 Å². The Labute approximate surface area is 117 Å². The summed E-state index contributed by atoms with van der Waals surface area (Å²) < 4.78 is 12.0. The van der Waals surface area contributed by atoms with Crippen molar-refractivity contribution in [2.75, 3.05) is 0 Å². The van der Waals surface area contributed by atoms with Crippen LogP contribution >= 0.6 is 9.24 Å². The van der Waals surface area contributed by atoms with E-state index >= 15 is 0 Å². The van der Waals surface area contributed by atoms with Gasteiger partial charge in [-0.05, 0) is 39.9 Å². The summed E-state index contributed by atoms with van der Waals surface area (Å²) in [7, 11) is 2.69. The predicted octanol–water partition coefficient (Wildman–Crippen LogP) is 4.47. The van der Waals surface area contributed by atoms with Crippen molar-refractivity contribution in [3.8, 4) is 11.5 Å². The molecule has 0 N–H and O–H groups in total. The number of benzene rings is 2. The fourth-order valence-corrected chi connectivity index (χ4v) is 2.41. The van der Waals surface area contributed by atoms with Gasteiger partial charge in [-0.3, -0.25) is 0 Å². The van der Waals surface area contributed by atoms with Crippen LogP contribution in [0.25, 0.3) is 0 Å². The maximum absolute atomic E-state index is 5.99. The number of hydrogen-bond acceptors (Lipinski definition) is 2. The van der Waals surface area contributed by atoms with E-state index in [2.05, 4.69) is 16.2 Å². The van der Waals surface area contributed by atoms with Crippen LogP contribution < -0.4 is 9.47 Å². The van der Waals surface area contributed by atoms with Gasteiger partial charge >= 0.3 is 0 Å². The summed E-state index contributed by atoms with van der Waals surface area (Å²) in [4.78, 5) is 0. The monoisotopic (exact) mass is 274 g/mol. The van der Waals surface area contributed by atoms with Gasteiger partial charge in [-0.2, -0.15) is 0 Å². The summed E-state index contributed by atoms with van der Waals surface area (Å²) in [6, 6.07) is 19.5. The maximum atomic E-state index is 5.99. The summed E-state index contributed by atoms with van der Waals surface area (Å²) in [6.45, 7) is 2.11. The molecule has 0 amide bonds. The average molecular weight is 274 g/mol. The zero-order chi connectivity index (χ0) is 13.6. The molecule has 0 aliphatic carbocycles. The lowest BCUT2D eigenvalue weighted by Gasteiger charge is -2.31. The number of rotatable bonds is 6. The van der Waals surface area contributed by atoms with Gasteiger partial charge in [0.1, 0.15) is 11.5 Å². The Kier molecular flexibility index (Phi) is 4.81. The first kappa shape index (κ1) is 13.9. The van der Waals surface area contributed by atoms with Gasteiger partial charge in [-0.25, -0.2) is 0 Å². The van der Waals surface area contributed by atoms with Crippen molar-refractivity contribution in [3.63, 3.8) is 0 Å². The van der Waals surface area contributed by atoms with Crippen molar-refractivity contribution in [1.82, 2.24) is 0 Å². The molecular weight excluding hydrogens is 255 g/mol. The second-order valence-electron chi connectivity index (χ2n) is 4.39. The Hall–Kier alpha value is -1.53. The first-order valence-electron chi connectivity index (χ1n) is 6.49. The molecule has 0 spiro atoms. The Bertz CT molecular complexity index is 443. The van der Waals surface area contributed by atoms with Crippen LogP contribution in [0.2, 0.25) is 0 Å². The van der Waals surface area contributed by atoms with E-state index in [1.165, 1.54) is 0 Å². The highest BCUT2D eigenvalue weighted by atomic mass is 31.0. The molecule has 0 fully saturated rings. The normalized spacial score (nSPS) is 11.1. The van der Waals surface area contributed by atoms with Crippen molar-refractivity contribution in [1.29, 1.82) is 0 Å². The average Bonchev–Trinajstić information content (AvgIpc) is 2.41. The van der Waals surface area contributed by atoms with Crippen LogP contribution in [0.15, 0.2) is 60.7 Å². The standard InChI is InChI=1S/C16H19O2P/c1-2-13-16(19,17-14-9-5-3-6-10-14)18-15-11-7-4-8-12-15/h3-12H,2,13,19H2,1H3. The third-order valence-electron chi connectivity index (χ3n) is 2.67. The van der Waals surface area contributed by atoms with Crippen molar-refractivity contribution < 1.29 is 9.47 Å². The summed E-state index contributed by atoms with van der Waals surface area (Å²) in [5.41, 5.74) is -0.725. The van der Waals surface area contributed by atoms with Crippen LogP contribution in [0, 0.1) is 0 Å². The Morgan fingerprint density at radius 1 is 0.842 bits per heavy atom. The van der Waals surface area contributed by atoms with Crippen molar-refractivity contribution in [3.05, 3.63) is 60.7 Å². The topological polar surface area (TPSA) is 18.5 Å². The lowest BCUT2D eigenvalue weighted by atomic mass is 10.3. The van der Waals surface area contributed by atoms with Crippen molar-refractivity contribution >= 4 is 9.24 Å². The van der Waals surface area contributed by atoms with Crippen LogP contribution in [0.3, 0.4) is 0 Å². The summed E-state index contributed by atoms with van der Waals surface area (Å²) in [5, 5.41) is 0. The molecule has 100 valence electrons.